The van der Waals surface area contributed by atoms with Crippen molar-refractivity contribution in [3.63, 3.8) is 0 Å². The summed E-state index contributed by atoms with van der Waals surface area (Å²) in [6, 6.07) is 2.88. The van der Waals surface area contributed by atoms with Crippen LogP contribution in [0, 0.1) is 0 Å². The average molecular weight is 252 g/mol. The highest BCUT2D eigenvalue weighted by Crippen LogP contribution is 2.26. The van der Waals surface area contributed by atoms with Gasteiger partial charge in [-0.15, -0.1) is 11.3 Å². The molecule has 0 fully saturated rings. The summed E-state index contributed by atoms with van der Waals surface area (Å²) in [5.74, 6) is 0. The van der Waals surface area contributed by atoms with Gasteiger partial charge in [-0.1, -0.05) is 26.2 Å². The third-order valence-corrected chi connectivity index (χ3v) is 4.79. The lowest BCUT2D eigenvalue weighted by Gasteiger charge is -2.34. The lowest BCUT2D eigenvalue weighted by molar-refractivity contribution is 0.172. The number of hydrogen-bond acceptors (Lipinski definition) is 3. The molecule has 0 aliphatic carbocycles. The highest BCUT2D eigenvalue weighted by atomic mass is 32.1. The van der Waals surface area contributed by atoms with Gasteiger partial charge in [0.1, 0.15) is 0 Å². The molecule has 1 aromatic rings. The number of nitrogens with two attached hydrogens (primary N) is 1. The van der Waals surface area contributed by atoms with Crippen LogP contribution in [0.15, 0.2) is 11.4 Å². The van der Waals surface area contributed by atoms with Gasteiger partial charge in [-0.3, -0.25) is 4.90 Å². The summed E-state index contributed by atoms with van der Waals surface area (Å²) >= 11 is 1.91. The second kappa shape index (κ2) is 6.53. The van der Waals surface area contributed by atoms with Gasteiger partial charge in [0, 0.05) is 30.6 Å². The van der Waals surface area contributed by atoms with Crippen molar-refractivity contribution in [3.8, 4) is 0 Å². The van der Waals surface area contributed by atoms with Crippen molar-refractivity contribution >= 4 is 11.3 Å². The molecule has 0 bridgehead atoms. The van der Waals surface area contributed by atoms with Crippen molar-refractivity contribution in [3.05, 3.63) is 21.9 Å². The number of unbranched alkanes of at least 4 members (excludes halogenated alkanes) is 2. The number of nitrogens with zero attached hydrogens (tertiary/aromatic N) is 1. The predicted octanol–water partition coefficient (Wildman–Crippen LogP) is 3.01. The number of rotatable bonds is 6. The van der Waals surface area contributed by atoms with Gasteiger partial charge in [0.25, 0.3) is 0 Å². The van der Waals surface area contributed by atoms with Gasteiger partial charge in [-0.05, 0) is 29.9 Å². The fraction of sp³-hybridized carbons (Fsp3) is 0.714. The summed E-state index contributed by atoms with van der Waals surface area (Å²) in [7, 11) is 0. The summed E-state index contributed by atoms with van der Waals surface area (Å²) in [5.41, 5.74) is 7.48. The topological polar surface area (TPSA) is 29.3 Å². The molecule has 2 nitrogen and oxygen atoms in total. The van der Waals surface area contributed by atoms with E-state index in [1.54, 1.807) is 4.88 Å². The van der Waals surface area contributed by atoms with Crippen LogP contribution in [-0.2, 0) is 13.0 Å². The number of hydrogen-bond donors (Lipinski definition) is 1. The highest BCUT2D eigenvalue weighted by Gasteiger charge is 2.22. The van der Waals surface area contributed by atoms with E-state index in [1.165, 1.54) is 44.2 Å². The molecule has 1 aliphatic rings. The normalized spacial score (nSPS) is 18.0. The molecule has 1 aromatic heterocycles. The van der Waals surface area contributed by atoms with Crippen molar-refractivity contribution in [1.82, 2.24) is 4.90 Å². The first-order valence-electron chi connectivity index (χ1n) is 6.84. The van der Waals surface area contributed by atoms with E-state index in [9.17, 15) is 0 Å². The molecule has 0 spiro atoms. The standard InChI is InChI=1S/C14H24N2S/c1-2-3-4-5-13(10-15)16-8-6-14-12(11-16)7-9-17-14/h7,9,13H,2-6,8,10-11,15H2,1H3. The smallest absolute Gasteiger partial charge is 0.0248 e. The van der Waals surface area contributed by atoms with Crippen LogP contribution in [0.5, 0.6) is 0 Å². The van der Waals surface area contributed by atoms with Crippen molar-refractivity contribution in [1.29, 1.82) is 0 Å². The van der Waals surface area contributed by atoms with E-state index in [0.717, 1.165) is 13.1 Å². The van der Waals surface area contributed by atoms with Gasteiger partial charge < -0.3 is 5.73 Å². The van der Waals surface area contributed by atoms with E-state index in [-0.39, 0.29) is 0 Å². The predicted molar refractivity (Wildman–Crippen MR) is 75.4 cm³/mol. The van der Waals surface area contributed by atoms with Gasteiger partial charge >= 0.3 is 0 Å². The molecular weight excluding hydrogens is 228 g/mol. The third-order valence-electron chi connectivity index (χ3n) is 3.77. The Morgan fingerprint density at radius 2 is 2.35 bits per heavy atom. The lowest BCUT2D eigenvalue weighted by Crippen LogP contribution is -2.43. The Labute approximate surface area is 109 Å². The second-order valence-electron chi connectivity index (χ2n) is 4.97. The minimum Gasteiger partial charge on any atom is -0.329 e. The summed E-state index contributed by atoms with van der Waals surface area (Å²) in [6.07, 6.45) is 6.45. The first kappa shape index (κ1) is 13.1. The van der Waals surface area contributed by atoms with Crippen LogP contribution in [0.25, 0.3) is 0 Å². The third kappa shape index (κ3) is 3.30. The molecule has 0 saturated carbocycles. The lowest BCUT2D eigenvalue weighted by atomic mass is 10.0. The van der Waals surface area contributed by atoms with Gasteiger partial charge in [-0.25, -0.2) is 0 Å². The van der Waals surface area contributed by atoms with Crippen LogP contribution in [-0.4, -0.2) is 24.0 Å². The summed E-state index contributed by atoms with van der Waals surface area (Å²) < 4.78 is 0. The van der Waals surface area contributed by atoms with Crippen LogP contribution in [0.4, 0.5) is 0 Å². The van der Waals surface area contributed by atoms with Gasteiger partial charge in [0.2, 0.25) is 0 Å². The van der Waals surface area contributed by atoms with E-state index in [2.05, 4.69) is 23.3 Å². The minimum absolute atomic E-state index is 0.592. The van der Waals surface area contributed by atoms with Crippen molar-refractivity contribution in [2.75, 3.05) is 13.1 Å². The van der Waals surface area contributed by atoms with Gasteiger partial charge in [0.05, 0.1) is 0 Å². The molecule has 1 atom stereocenters. The molecule has 1 unspecified atom stereocenters. The molecule has 96 valence electrons. The van der Waals surface area contributed by atoms with Crippen LogP contribution >= 0.6 is 11.3 Å². The molecule has 3 heteroatoms. The Balaban J connectivity index is 1.88. The van der Waals surface area contributed by atoms with Gasteiger partial charge in [-0.2, -0.15) is 0 Å². The van der Waals surface area contributed by atoms with Crippen molar-refractivity contribution in [2.24, 2.45) is 5.73 Å². The average Bonchev–Trinajstić information content (AvgIpc) is 2.82. The molecule has 2 N–H and O–H groups in total. The maximum absolute atomic E-state index is 5.94. The Kier molecular flexibility index (Phi) is 5.01. The second-order valence-corrected chi connectivity index (χ2v) is 5.98. The zero-order valence-corrected chi connectivity index (χ0v) is 11.6. The molecule has 0 radical (unpaired) electrons. The first-order chi connectivity index (χ1) is 8.35. The minimum atomic E-state index is 0.592. The Hall–Kier alpha value is -0.380. The maximum atomic E-state index is 5.94. The monoisotopic (exact) mass is 252 g/mol. The zero-order valence-electron chi connectivity index (χ0n) is 10.8. The van der Waals surface area contributed by atoms with Crippen LogP contribution in [0.1, 0.15) is 43.0 Å². The SMILES string of the molecule is CCCCCC(CN)N1CCc2sccc2C1. The number of thiophene rings is 1. The van der Waals surface area contributed by atoms with Crippen molar-refractivity contribution in [2.45, 2.75) is 51.6 Å². The van der Waals surface area contributed by atoms with E-state index < -0.39 is 0 Å². The van der Waals surface area contributed by atoms with Crippen LogP contribution in [0.2, 0.25) is 0 Å². The van der Waals surface area contributed by atoms with E-state index in [4.69, 9.17) is 5.73 Å². The molecule has 17 heavy (non-hydrogen) atoms. The zero-order chi connectivity index (χ0) is 12.1. The molecule has 0 amide bonds. The number of fused-ring (bicyclic) bond motifs is 1. The van der Waals surface area contributed by atoms with E-state index in [0.29, 0.717) is 6.04 Å². The Bertz CT molecular complexity index is 335. The molecule has 2 rings (SSSR count). The molecule has 0 saturated heterocycles. The molecule has 1 aliphatic heterocycles. The summed E-state index contributed by atoms with van der Waals surface area (Å²) in [6.45, 7) is 5.38. The Morgan fingerprint density at radius 1 is 1.47 bits per heavy atom. The molecule has 2 heterocycles. The van der Waals surface area contributed by atoms with Crippen molar-refractivity contribution < 1.29 is 0 Å². The molecule has 0 aromatic carbocycles. The fourth-order valence-corrected chi connectivity index (χ4v) is 3.55. The summed E-state index contributed by atoms with van der Waals surface area (Å²) in [5, 5.41) is 2.22. The van der Waals surface area contributed by atoms with E-state index in [1.807, 2.05) is 11.3 Å². The summed E-state index contributed by atoms with van der Waals surface area (Å²) in [4.78, 5) is 4.18. The first-order valence-corrected chi connectivity index (χ1v) is 7.72. The van der Waals surface area contributed by atoms with Gasteiger partial charge in [0.15, 0.2) is 0 Å². The van der Waals surface area contributed by atoms with E-state index >= 15 is 0 Å². The fourth-order valence-electron chi connectivity index (χ4n) is 2.66. The largest absolute Gasteiger partial charge is 0.329 e. The van der Waals surface area contributed by atoms with Crippen LogP contribution < -0.4 is 5.73 Å². The quantitative estimate of drug-likeness (QED) is 0.789. The molecular formula is C14H24N2S. The van der Waals surface area contributed by atoms with Crippen LogP contribution in [0.3, 0.4) is 0 Å². The Morgan fingerprint density at radius 3 is 3.12 bits per heavy atom. The maximum Gasteiger partial charge on any atom is 0.0248 e. The highest BCUT2D eigenvalue weighted by molar-refractivity contribution is 7.10.